The molecule has 0 bridgehead atoms. The highest BCUT2D eigenvalue weighted by Gasteiger charge is 2.35. The molecule has 2 atom stereocenters. The van der Waals surface area contributed by atoms with Crippen molar-refractivity contribution in [2.75, 3.05) is 5.32 Å². The molecule has 2 fully saturated rings. The van der Waals surface area contributed by atoms with Gasteiger partial charge in [-0.2, -0.15) is 5.26 Å². The number of aromatic nitrogens is 1. The van der Waals surface area contributed by atoms with Gasteiger partial charge < -0.3 is 10.6 Å². The molecule has 2 N–H and O–H groups in total. The first-order valence-electron chi connectivity index (χ1n) is 8.08. The van der Waals surface area contributed by atoms with Crippen molar-refractivity contribution in [1.82, 2.24) is 10.3 Å². The summed E-state index contributed by atoms with van der Waals surface area (Å²) in [5.74, 6) is 1.35. The number of anilines is 1. The Morgan fingerprint density at radius 2 is 2.18 bits per heavy atom. The second-order valence-electron chi connectivity index (χ2n) is 6.55. The van der Waals surface area contributed by atoms with Gasteiger partial charge in [0, 0.05) is 23.0 Å². The largest absolute Gasteiger partial charge is 0.321 e. The van der Waals surface area contributed by atoms with Crippen molar-refractivity contribution < 1.29 is 4.79 Å². The van der Waals surface area contributed by atoms with E-state index in [0.717, 1.165) is 18.0 Å². The van der Waals surface area contributed by atoms with Crippen LogP contribution in [-0.2, 0) is 4.79 Å². The van der Waals surface area contributed by atoms with Crippen LogP contribution in [0.3, 0.4) is 0 Å². The summed E-state index contributed by atoms with van der Waals surface area (Å²) >= 11 is 1.62. The summed E-state index contributed by atoms with van der Waals surface area (Å²) in [6, 6.07) is 0.163. The third-order valence-electron chi connectivity index (χ3n) is 5.01. The van der Waals surface area contributed by atoms with Crippen LogP contribution in [0.25, 0.3) is 0 Å². The Labute approximate surface area is 135 Å². The van der Waals surface area contributed by atoms with E-state index < -0.39 is 0 Å². The van der Waals surface area contributed by atoms with Crippen LogP contribution in [0.1, 0.15) is 56.2 Å². The minimum atomic E-state index is 0.00630. The topological polar surface area (TPSA) is 77.8 Å². The number of carbonyl (C=O) groups is 1. The molecule has 0 saturated heterocycles. The van der Waals surface area contributed by atoms with Crippen LogP contribution in [0.15, 0.2) is 6.20 Å². The zero-order valence-electron chi connectivity index (χ0n) is 12.8. The fourth-order valence-electron chi connectivity index (χ4n) is 3.50. The van der Waals surface area contributed by atoms with Crippen molar-refractivity contribution in [3.63, 3.8) is 0 Å². The SMILES string of the molecule is C[C@H]1CCCC[C@@H]1c1cnc(NC(=O)C2CC(NC#N)C2)s1. The van der Waals surface area contributed by atoms with Crippen LogP contribution in [0.2, 0.25) is 0 Å². The Hall–Kier alpha value is -1.61. The van der Waals surface area contributed by atoms with Gasteiger partial charge in [0.25, 0.3) is 0 Å². The Morgan fingerprint density at radius 3 is 2.91 bits per heavy atom. The molecule has 0 radical (unpaired) electrons. The molecule has 118 valence electrons. The molecule has 1 heterocycles. The summed E-state index contributed by atoms with van der Waals surface area (Å²) < 4.78 is 0. The first-order chi connectivity index (χ1) is 10.7. The van der Waals surface area contributed by atoms with E-state index in [1.54, 1.807) is 11.3 Å². The normalized spacial score (nSPS) is 30.9. The maximum absolute atomic E-state index is 12.1. The van der Waals surface area contributed by atoms with Crippen molar-refractivity contribution in [2.45, 2.75) is 57.4 Å². The lowest BCUT2D eigenvalue weighted by Crippen LogP contribution is -2.44. The zero-order valence-corrected chi connectivity index (χ0v) is 13.7. The molecule has 6 heteroatoms. The van der Waals surface area contributed by atoms with Gasteiger partial charge in [0.2, 0.25) is 5.91 Å². The molecule has 0 aliphatic heterocycles. The first-order valence-corrected chi connectivity index (χ1v) is 8.90. The Morgan fingerprint density at radius 1 is 1.41 bits per heavy atom. The molecule has 0 unspecified atom stereocenters. The monoisotopic (exact) mass is 318 g/mol. The number of nitrogens with zero attached hydrogens (tertiary/aromatic N) is 2. The highest BCUT2D eigenvalue weighted by atomic mass is 32.1. The molecule has 1 amide bonds. The van der Waals surface area contributed by atoms with E-state index in [1.807, 2.05) is 12.4 Å². The molecule has 0 aromatic carbocycles. The molecular formula is C16H22N4OS. The van der Waals surface area contributed by atoms with Gasteiger partial charge in [0.1, 0.15) is 0 Å². The van der Waals surface area contributed by atoms with Gasteiger partial charge in [0.05, 0.1) is 0 Å². The average molecular weight is 318 g/mol. The third kappa shape index (κ3) is 3.25. The molecule has 2 aliphatic rings. The van der Waals surface area contributed by atoms with Crippen LogP contribution < -0.4 is 10.6 Å². The fourth-order valence-corrected chi connectivity index (χ4v) is 4.59. The highest BCUT2D eigenvalue weighted by Crippen LogP contribution is 2.40. The van der Waals surface area contributed by atoms with E-state index in [9.17, 15) is 4.79 Å². The van der Waals surface area contributed by atoms with Crippen LogP contribution in [0, 0.1) is 23.3 Å². The molecule has 1 aromatic rings. The maximum atomic E-state index is 12.1. The quantitative estimate of drug-likeness (QED) is 0.660. The lowest BCUT2D eigenvalue weighted by Gasteiger charge is -2.32. The number of carbonyl (C=O) groups excluding carboxylic acids is 1. The van der Waals surface area contributed by atoms with Gasteiger partial charge in [-0.1, -0.05) is 26.2 Å². The molecule has 5 nitrogen and oxygen atoms in total. The Bertz CT molecular complexity index is 573. The average Bonchev–Trinajstić information content (AvgIpc) is 2.91. The molecule has 1 aromatic heterocycles. The van der Waals surface area contributed by atoms with Gasteiger partial charge >= 0.3 is 0 Å². The first kappa shape index (κ1) is 15.3. The molecule has 22 heavy (non-hydrogen) atoms. The standard InChI is InChI=1S/C16H22N4OS/c1-10-4-2-3-5-13(10)14-8-18-16(22-14)20-15(21)11-6-12(7-11)19-9-17/h8,10-13,19H,2-7H2,1H3,(H,18,20,21)/t10-,11?,12?,13-/m0/s1. The molecular weight excluding hydrogens is 296 g/mol. The predicted octanol–water partition coefficient (Wildman–Crippen LogP) is 3.22. The summed E-state index contributed by atoms with van der Waals surface area (Å²) in [6.07, 6.45) is 10.5. The summed E-state index contributed by atoms with van der Waals surface area (Å²) in [5, 5.41) is 14.9. The summed E-state index contributed by atoms with van der Waals surface area (Å²) in [5.41, 5.74) is 0. The Kier molecular flexibility index (Phi) is 4.63. The van der Waals surface area contributed by atoms with Crippen molar-refractivity contribution in [3.8, 4) is 6.19 Å². The Balaban J connectivity index is 1.54. The second kappa shape index (κ2) is 6.66. The van der Waals surface area contributed by atoms with Crippen LogP contribution in [0.4, 0.5) is 5.13 Å². The van der Waals surface area contributed by atoms with Gasteiger partial charge in [-0.25, -0.2) is 4.98 Å². The van der Waals surface area contributed by atoms with Crippen molar-refractivity contribution >= 4 is 22.4 Å². The lowest BCUT2D eigenvalue weighted by molar-refractivity contribution is -0.122. The number of hydrogen-bond donors (Lipinski definition) is 2. The number of amides is 1. The molecule has 0 spiro atoms. The fraction of sp³-hybridized carbons (Fsp3) is 0.688. The summed E-state index contributed by atoms with van der Waals surface area (Å²) in [4.78, 5) is 17.8. The third-order valence-corrected chi connectivity index (χ3v) is 6.05. The van der Waals surface area contributed by atoms with E-state index in [4.69, 9.17) is 5.26 Å². The number of nitriles is 1. The van der Waals surface area contributed by atoms with E-state index >= 15 is 0 Å². The van der Waals surface area contributed by atoms with E-state index in [-0.39, 0.29) is 17.9 Å². The lowest BCUT2D eigenvalue weighted by atomic mass is 9.80. The van der Waals surface area contributed by atoms with Gasteiger partial charge in [-0.05, 0) is 31.1 Å². The summed E-state index contributed by atoms with van der Waals surface area (Å²) in [6.45, 7) is 2.32. The predicted molar refractivity (Wildman–Crippen MR) is 86.4 cm³/mol. The van der Waals surface area contributed by atoms with E-state index in [0.29, 0.717) is 11.8 Å². The van der Waals surface area contributed by atoms with Crippen molar-refractivity contribution in [3.05, 3.63) is 11.1 Å². The minimum absolute atomic E-state index is 0.00630. The van der Waals surface area contributed by atoms with Crippen LogP contribution in [0.5, 0.6) is 0 Å². The zero-order chi connectivity index (χ0) is 15.5. The molecule has 3 rings (SSSR count). The van der Waals surface area contributed by atoms with Crippen LogP contribution >= 0.6 is 11.3 Å². The van der Waals surface area contributed by atoms with Gasteiger partial charge in [-0.3, -0.25) is 4.79 Å². The van der Waals surface area contributed by atoms with Crippen LogP contribution in [-0.4, -0.2) is 16.9 Å². The number of rotatable bonds is 4. The maximum Gasteiger partial charge on any atom is 0.229 e. The number of thiazole rings is 1. The number of nitrogens with one attached hydrogen (secondary N) is 2. The van der Waals surface area contributed by atoms with Crippen molar-refractivity contribution in [1.29, 1.82) is 5.26 Å². The minimum Gasteiger partial charge on any atom is -0.321 e. The summed E-state index contributed by atoms with van der Waals surface area (Å²) in [7, 11) is 0. The molecule has 2 saturated carbocycles. The molecule has 2 aliphatic carbocycles. The van der Waals surface area contributed by atoms with Crippen molar-refractivity contribution in [2.24, 2.45) is 11.8 Å². The van der Waals surface area contributed by atoms with Gasteiger partial charge in [0.15, 0.2) is 11.3 Å². The second-order valence-corrected chi connectivity index (χ2v) is 7.61. The highest BCUT2D eigenvalue weighted by molar-refractivity contribution is 7.15. The van der Waals surface area contributed by atoms with E-state index in [1.165, 1.54) is 30.6 Å². The smallest absolute Gasteiger partial charge is 0.229 e. The number of hydrogen-bond acceptors (Lipinski definition) is 5. The van der Waals surface area contributed by atoms with E-state index in [2.05, 4.69) is 22.5 Å². The van der Waals surface area contributed by atoms with Gasteiger partial charge in [-0.15, -0.1) is 11.3 Å².